The molecule has 0 heterocycles. The molecule has 39 heavy (non-hydrogen) atoms. The molecule has 2 aromatic rings. The Morgan fingerprint density at radius 2 is 1.03 bits per heavy atom. The van der Waals surface area contributed by atoms with E-state index >= 15 is 0 Å². The molecule has 1 atom stereocenters. The average Bonchev–Trinajstić information content (AvgIpc) is 3.00. The summed E-state index contributed by atoms with van der Waals surface area (Å²) in [4.78, 5) is 0. The van der Waals surface area contributed by atoms with Crippen LogP contribution in [0.1, 0.15) is 159 Å². The molecule has 0 bridgehead atoms. The van der Waals surface area contributed by atoms with E-state index in [1.165, 1.54) is 145 Å². The van der Waals surface area contributed by atoms with Crippen molar-refractivity contribution in [2.24, 2.45) is 11.8 Å². The Balaban J connectivity index is 1.19. The summed E-state index contributed by atoms with van der Waals surface area (Å²) >= 11 is 0. The lowest BCUT2D eigenvalue weighted by molar-refractivity contribution is 0.302. The lowest BCUT2D eigenvalue weighted by atomic mass is 9.77. The van der Waals surface area contributed by atoms with Crippen LogP contribution in [0.3, 0.4) is 0 Å². The predicted octanol–water partition coefficient (Wildman–Crippen LogP) is 12.9. The number of hydrogen-bond acceptors (Lipinski definition) is 0. The first-order valence-corrected chi connectivity index (χ1v) is 17.2. The second-order valence-electron chi connectivity index (χ2n) is 13.0. The highest BCUT2D eigenvalue weighted by atomic mass is 14.3. The van der Waals surface area contributed by atoms with Gasteiger partial charge in [-0.05, 0) is 90.5 Å². The van der Waals surface area contributed by atoms with Gasteiger partial charge in [-0.1, -0.05) is 152 Å². The Morgan fingerprint density at radius 3 is 1.62 bits per heavy atom. The van der Waals surface area contributed by atoms with E-state index in [2.05, 4.69) is 68.5 Å². The molecular weight excluding hydrogens is 468 g/mol. The summed E-state index contributed by atoms with van der Waals surface area (Å²) in [5.41, 5.74) is 7.31. The number of allylic oxidation sites excluding steroid dienone is 2. The molecule has 1 fully saturated rings. The van der Waals surface area contributed by atoms with E-state index in [-0.39, 0.29) is 0 Å². The quantitative estimate of drug-likeness (QED) is 0.191. The molecule has 2 aromatic carbocycles. The summed E-state index contributed by atoms with van der Waals surface area (Å²) in [6.45, 7) is 4.62. The van der Waals surface area contributed by atoms with E-state index < -0.39 is 0 Å². The zero-order chi connectivity index (χ0) is 27.1. The van der Waals surface area contributed by atoms with Crippen molar-refractivity contribution in [1.29, 1.82) is 0 Å². The average molecular weight is 527 g/mol. The fourth-order valence-corrected chi connectivity index (χ4v) is 7.27. The molecule has 0 amide bonds. The van der Waals surface area contributed by atoms with Crippen molar-refractivity contribution in [3.8, 4) is 11.1 Å². The molecule has 0 nitrogen and oxygen atoms in total. The van der Waals surface area contributed by atoms with Crippen LogP contribution < -0.4 is 0 Å². The van der Waals surface area contributed by atoms with Crippen LogP contribution in [0.25, 0.3) is 16.7 Å². The van der Waals surface area contributed by atoms with Crippen molar-refractivity contribution < 1.29 is 0 Å². The summed E-state index contributed by atoms with van der Waals surface area (Å²) in [6.07, 6.45) is 30.7. The molecule has 214 valence electrons. The lowest BCUT2D eigenvalue weighted by Crippen LogP contribution is -2.13. The van der Waals surface area contributed by atoms with Gasteiger partial charge in [0.1, 0.15) is 0 Å². The Labute approximate surface area is 242 Å². The van der Waals surface area contributed by atoms with Crippen LogP contribution in [0, 0.1) is 11.8 Å². The largest absolute Gasteiger partial charge is 0.0804 e. The van der Waals surface area contributed by atoms with Crippen LogP contribution in [0.15, 0.2) is 54.6 Å². The minimum absolute atomic E-state index is 0.779. The zero-order valence-corrected chi connectivity index (χ0v) is 25.6. The Bertz CT molecular complexity index is 939. The molecule has 0 heteroatoms. The molecule has 0 radical (unpaired) electrons. The molecule has 1 unspecified atom stereocenters. The number of benzene rings is 2. The van der Waals surface area contributed by atoms with E-state index in [0.29, 0.717) is 0 Å². The minimum atomic E-state index is 0.779. The van der Waals surface area contributed by atoms with Gasteiger partial charge in [-0.25, -0.2) is 0 Å². The summed E-state index contributed by atoms with van der Waals surface area (Å²) < 4.78 is 0. The van der Waals surface area contributed by atoms with Crippen LogP contribution in [0.2, 0.25) is 0 Å². The second-order valence-corrected chi connectivity index (χ2v) is 13.0. The van der Waals surface area contributed by atoms with Gasteiger partial charge >= 0.3 is 0 Å². The molecule has 0 aromatic heterocycles. The number of unbranched alkanes of at least 4 members (excludes halogenated alkanes) is 9. The van der Waals surface area contributed by atoms with Gasteiger partial charge < -0.3 is 0 Å². The van der Waals surface area contributed by atoms with E-state index in [1.54, 1.807) is 11.1 Å². The third-order valence-corrected chi connectivity index (χ3v) is 10.0. The molecule has 0 saturated heterocycles. The van der Waals surface area contributed by atoms with Crippen molar-refractivity contribution >= 4 is 5.57 Å². The van der Waals surface area contributed by atoms with E-state index in [9.17, 15) is 0 Å². The minimum Gasteiger partial charge on any atom is -0.0804 e. The molecule has 2 aliphatic carbocycles. The van der Waals surface area contributed by atoms with Crippen molar-refractivity contribution in [3.05, 3.63) is 65.7 Å². The van der Waals surface area contributed by atoms with Crippen molar-refractivity contribution in [3.63, 3.8) is 0 Å². The summed E-state index contributed by atoms with van der Waals surface area (Å²) in [5.74, 6) is 2.69. The monoisotopic (exact) mass is 526 g/mol. The zero-order valence-electron chi connectivity index (χ0n) is 25.6. The van der Waals surface area contributed by atoms with Gasteiger partial charge in [0.25, 0.3) is 0 Å². The van der Waals surface area contributed by atoms with Crippen molar-refractivity contribution in [1.82, 2.24) is 0 Å². The highest BCUT2D eigenvalue weighted by Crippen LogP contribution is 2.39. The molecule has 4 rings (SSSR count). The molecular formula is C39H58. The third-order valence-electron chi connectivity index (χ3n) is 10.0. The number of rotatable bonds is 16. The maximum absolute atomic E-state index is 2.55. The van der Waals surface area contributed by atoms with Gasteiger partial charge in [0.2, 0.25) is 0 Å². The Morgan fingerprint density at radius 1 is 0.513 bits per heavy atom. The predicted molar refractivity (Wildman–Crippen MR) is 173 cm³/mol. The van der Waals surface area contributed by atoms with E-state index in [1.807, 2.05) is 0 Å². The van der Waals surface area contributed by atoms with E-state index in [0.717, 1.165) is 17.8 Å². The van der Waals surface area contributed by atoms with Gasteiger partial charge in [0, 0.05) is 0 Å². The van der Waals surface area contributed by atoms with E-state index in [4.69, 9.17) is 0 Å². The molecule has 0 spiro atoms. The normalized spacial score (nSPS) is 21.6. The van der Waals surface area contributed by atoms with Crippen molar-refractivity contribution in [2.75, 3.05) is 0 Å². The van der Waals surface area contributed by atoms with Gasteiger partial charge in [0.15, 0.2) is 0 Å². The lowest BCUT2D eigenvalue weighted by Gasteiger charge is -2.29. The van der Waals surface area contributed by atoms with Gasteiger partial charge in [-0.2, -0.15) is 0 Å². The first-order chi connectivity index (χ1) is 19.3. The molecule has 2 aliphatic rings. The van der Waals surface area contributed by atoms with Gasteiger partial charge in [-0.3, -0.25) is 0 Å². The van der Waals surface area contributed by atoms with Gasteiger partial charge in [0.05, 0.1) is 0 Å². The van der Waals surface area contributed by atoms with Crippen molar-refractivity contribution in [2.45, 2.75) is 148 Å². The molecule has 1 saturated carbocycles. The topological polar surface area (TPSA) is 0 Å². The molecule has 0 aliphatic heterocycles. The third kappa shape index (κ3) is 9.95. The fourth-order valence-electron chi connectivity index (χ4n) is 7.27. The smallest absolute Gasteiger partial charge is 0.0162 e. The van der Waals surface area contributed by atoms with Gasteiger partial charge in [-0.15, -0.1) is 0 Å². The first-order valence-electron chi connectivity index (χ1n) is 17.2. The SMILES string of the molecule is CCCCCCCCCC1CC=C(c2ccc(-c3ccc([C@H]4CC[C@H](CCCCCC)CC4)cc3)cc2)CC1. The summed E-state index contributed by atoms with van der Waals surface area (Å²) in [5, 5.41) is 0. The van der Waals surface area contributed by atoms with Crippen LogP contribution in [-0.4, -0.2) is 0 Å². The number of hydrogen-bond donors (Lipinski definition) is 0. The fraction of sp³-hybridized carbons (Fsp3) is 0.641. The highest BCUT2D eigenvalue weighted by molar-refractivity contribution is 5.71. The standard InChI is InChI=1S/C39H58/c1-3-5-7-9-10-11-13-15-33-18-22-35(23-19-33)37-26-30-39(31-27-37)38-28-24-36(25-29-38)34-20-16-32(17-21-34)14-12-8-6-4-2/h22,24-34H,3-21,23H2,1-2H3/t32-,33?,34-. The highest BCUT2D eigenvalue weighted by Gasteiger charge is 2.22. The van der Waals surface area contributed by atoms with Crippen LogP contribution >= 0.6 is 0 Å². The maximum Gasteiger partial charge on any atom is -0.0162 e. The second kappa shape index (κ2) is 17.1. The maximum atomic E-state index is 2.55. The Kier molecular flexibility index (Phi) is 13.2. The van der Waals surface area contributed by atoms with Crippen LogP contribution in [0.5, 0.6) is 0 Å². The summed E-state index contributed by atoms with van der Waals surface area (Å²) in [7, 11) is 0. The first kappa shape index (κ1) is 30.1. The summed E-state index contributed by atoms with van der Waals surface area (Å²) in [6, 6.07) is 19.0. The van der Waals surface area contributed by atoms with Crippen LogP contribution in [-0.2, 0) is 0 Å². The van der Waals surface area contributed by atoms with Crippen LogP contribution in [0.4, 0.5) is 0 Å². The molecule has 0 N–H and O–H groups in total. The Hall–Kier alpha value is -1.82.